The molecule has 8 heteroatoms. The first-order valence-corrected chi connectivity index (χ1v) is 10.6. The van der Waals surface area contributed by atoms with Gasteiger partial charge in [0.25, 0.3) is 0 Å². The summed E-state index contributed by atoms with van der Waals surface area (Å²) in [6.07, 6.45) is 1.30. The van der Waals surface area contributed by atoms with Gasteiger partial charge in [0.2, 0.25) is 11.8 Å². The number of nitrogens with zero attached hydrogens (tertiary/aromatic N) is 1. The van der Waals surface area contributed by atoms with Gasteiger partial charge in [0.05, 0.1) is 24.5 Å². The van der Waals surface area contributed by atoms with E-state index in [0.717, 1.165) is 11.3 Å². The number of ether oxygens (including phenoxy) is 1. The maximum atomic E-state index is 12.4. The standard InChI is InChI=1S/C18H24N2O5S/c1-25-16-4-2-3-13(9-16)5-7-19-18(22)14-10-17(21)20(11-14)15-6-8-26(23,24)12-15/h2-4,9,14-15H,5-8,10-12H2,1H3,(H,19,22)/t14-,15+/m0/s1. The molecular formula is C18H24N2O5S. The molecule has 3 rings (SSSR count). The van der Waals surface area contributed by atoms with E-state index < -0.39 is 15.8 Å². The minimum atomic E-state index is -3.05. The summed E-state index contributed by atoms with van der Waals surface area (Å²) in [5, 5.41) is 2.88. The zero-order valence-electron chi connectivity index (χ0n) is 14.8. The molecule has 2 fully saturated rings. The number of amides is 2. The van der Waals surface area contributed by atoms with Crippen LogP contribution >= 0.6 is 0 Å². The summed E-state index contributed by atoms with van der Waals surface area (Å²) in [7, 11) is -1.44. The van der Waals surface area contributed by atoms with Crippen LogP contribution in [0.5, 0.6) is 5.75 Å². The zero-order chi connectivity index (χ0) is 18.7. The molecule has 7 nitrogen and oxygen atoms in total. The molecule has 0 bridgehead atoms. The Hall–Kier alpha value is -2.09. The normalized spacial score (nSPS) is 24.7. The van der Waals surface area contributed by atoms with Crippen molar-refractivity contribution in [1.29, 1.82) is 0 Å². The van der Waals surface area contributed by atoms with Crippen LogP contribution in [0.1, 0.15) is 18.4 Å². The van der Waals surface area contributed by atoms with Crippen molar-refractivity contribution in [3.63, 3.8) is 0 Å². The second kappa shape index (κ2) is 7.65. The second-order valence-electron chi connectivity index (χ2n) is 6.90. The predicted molar refractivity (Wildman–Crippen MR) is 96.6 cm³/mol. The molecule has 0 spiro atoms. The molecule has 0 aliphatic carbocycles. The maximum absolute atomic E-state index is 12.4. The van der Waals surface area contributed by atoms with Gasteiger partial charge >= 0.3 is 0 Å². The summed E-state index contributed by atoms with van der Waals surface area (Å²) in [5.74, 6) is 0.236. The number of carbonyl (C=O) groups is 2. The van der Waals surface area contributed by atoms with Crippen LogP contribution in [0.25, 0.3) is 0 Å². The molecule has 2 aliphatic rings. The van der Waals surface area contributed by atoms with Gasteiger partial charge in [-0.3, -0.25) is 9.59 Å². The Labute approximate surface area is 153 Å². The van der Waals surface area contributed by atoms with Gasteiger partial charge < -0.3 is 15.0 Å². The minimum absolute atomic E-state index is 0.0168. The molecule has 2 saturated heterocycles. The van der Waals surface area contributed by atoms with E-state index in [0.29, 0.717) is 25.9 Å². The number of methoxy groups -OCH3 is 1. The molecule has 2 atom stereocenters. The van der Waals surface area contributed by atoms with Crippen molar-refractivity contribution >= 4 is 21.7 Å². The van der Waals surface area contributed by atoms with Crippen LogP contribution in [-0.4, -0.2) is 62.9 Å². The van der Waals surface area contributed by atoms with Crippen molar-refractivity contribution in [3.8, 4) is 5.75 Å². The van der Waals surface area contributed by atoms with Gasteiger partial charge in [0.15, 0.2) is 9.84 Å². The highest BCUT2D eigenvalue weighted by molar-refractivity contribution is 7.91. The molecule has 1 N–H and O–H groups in total. The molecule has 2 aliphatic heterocycles. The number of hydrogen-bond acceptors (Lipinski definition) is 5. The largest absolute Gasteiger partial charge is 0.497 e. The molecule has 142 valence electrons. The monoisotopic (exact) mass is 380 g/mol. The molecule has 0 unspecified atom stereocenters. The van der Waals surface area contributed by atoms with Crippen LogP contribution in [-0.2, 0) is 25.8 Å². The van der Waals surface area contributed by atoms with E-state index in [9.17, 15) is 18.0 Å². The van der Waals surface area contributed by atoms with Gasteiger partial charge in [-0.2, -0.15) is 0 Å². The highest BCUT2D eigenvalue weighted by Gasteiger charge is 2.41. The van der Waals surface area contributed by atoms with Gasteiger partial charge in [-0.1, -0.05) is 12.1 Å². The van der Waals surface area contributed by atoms with E-state index in [-0.39, 0.29) is 35.8 Å². The highest BCUT2D eigenvalue weighted by Crippen LogP contribution is 2.26. The van der Waals surface area contributed by atoms with Crippen LogP contribution in [0, 0.1) is 5.92 Å². The maximum Gasteiger partial charge on any atom is 0.225 e. The van der Waals surface area contributed by atoms with E-state index >= 15 is 0 Å². The summed E-state index contributed by atoms with van der Waals surface area (Å²) < 4.78 is 28.4. The molecule has 26 heavy (non-hydrogen) atoms. The van der Waals surface area contributed by atoms with E-state index in [1.807, 2.05) is 24.3 Å². The van der Waals surface area contributed by atoms with Crippen LogP contribution < -0.4 is 10.1 Å². The van der Waals surface area contributed by atoms with Crippen molar-refractivity contribution in [2.45, 2.75) is 25.3 Å². The van der Waals surface area contributed by atoms with Crippen LogP contribution in [0.15, 0.2) is 24.3 Å². The van der Waals surface area contributed by atoms with Crippen LogP contribution in [0.4, 0.5) is 0 Å². The van der Waals surface area contributed by atoms with Crippen LogP contribution in [0.3, 0.4) is 0 Å². The fourth-order valence-electron chi connectivity index (χ4n) is 3.58. The van der Waals surface area contributed by atoms with Crippen molar-refractivity contribution < 1.29 is 22.7 Å². The first-order valence-electron chi connectivity index (χ1n) is 8.78. The van der Waals surface area contributed by atoms with Crippen LogP contribution in [0.2, 0.25) is 0 Å². The highest BCUT2D eigenvalue weighted by atomic mass is 32.2. The fourth-order valence-corrected chi connectivity index (χ4v) is 5.31. The molecular weight excluding hydrogens is 356 g/mol. The lowest BCUT2D eigenvalue weighted by Gasteiger charge is -2.22. The van der Waals surface area contributed by atoms with E-state index in [1.165, 1.54) is 0 Å². The first kappa shape index (κ1) is 18.7. The van der Waals surface area contributed by atoms with Crippen molar-refractivity contribution in [1.82, 2.24) is 10.2 Å². The minimum Gasteiger partial charge on any atom is -0.497 e. The lowest BCUT2D eigenvalue weighted by molar-refractivity contribution is -0.130. The molecule has 1 aromatic rings. The third-order valence-corrected chi connectivity index (χ3v) is 6.78. The Morgan fingerprint density at radius 2 is 2.19 bits per heavy atom. The number of sulfone groups is 1. The van der Waals surface area contributed by atoms with Gasteiger partial charge in [0, 0.05) is 25.6 Å². The van der Waals surface area contributed by atoms with Gasteiger partial charge in [0.1, 0.15) is 5.75 Å². The molecule has 1 aromatic carbocycles. The average molecular weight is 380 g/mol. The third kappa shape index (κ3) is 4.35. The predicted octanol–water partition coefficient (Wildman–Crippen LogP) is 0.390. The molecule has 0 radical (unpaired) electrons. The number of rotatable bonds is 6. The van der Waals surface area contributed by atoms with E-state index in [2.05, 4.69) is 5.32 Å². The summed E-state index contributed by atoms with van der Waals surface area (Å²) in [4.78, 5) is 26.1. The SMILES string of the molecule is COc1cccc(CCNC(=O)[C@H]2CC(=O)N([C@@H]3CCS(=O)(=O)C3)C2)c1. The number of likely N-dealkylation sites (tertiary alicyclic amines) is 1. The summed E-state index contributed by atoms with van der Waals surface area (Å²) in [6.45, 7) is 0.790. The second-order valence-corrected chi connectivity index (χ2v) is 9.13. The molecule has 0 saturated carbocycles. The quantitative estimate of drug-likeness (QED) is 0.771. The Balaban J connectivity index is 1.49. The summed E-state index contributed by atoms with van der Waals surface area (Å²) in [5.41, 5.74) is 1.06. The topological polar surface area (TPSA) is 92.8 Å². The Kier molecular flexibility index (Phi) is 5.50. The molecule has 0 aromatic heterocycles. The Morgan fingerprint density at radius 1 is 1.38 bits per heavy atom. The van der Waals surface area contributed by atoms with E-state index in [1.54, 1.807) is 12.0 Å². The van der Waals surface area contributed by atoms with E-state index in [4.69, 9.17) is 4.74 Å². The third-order valence-electron chi connectivity index (χ3n) is 5.03. The number of nitrogens with one attached hydrogen (secondary N) is 1. The zero-order valence-corrected chi connectivity index (χ0v) is 15.6. The summed E-state index contributed by atoms with van der Waals surface area (Å²) >= 11 is 0. The Bertz CT molecular complexity index is 793. The number of hydrogen-bond donors (Lipinski definition) is 1. The van der Waals surface area contributed by atoms with Crippen molar-refractivity contribution in [2.24, 2.45) is 5.92 Å². The van der Waals surface area contributed by atoms with Gasteiger partial charge in [-0.25, -0.2) is 8.42 Å². The molecule has 2 amide bonds. The van der Waals surface area contributed by atoms with Gasteiger partial charge in [-0.05, 0) is 30.5 Å². The first-order chi connectivity index (χ1) is 12.4. The lowest BCUT2D eigenvalue weighted by atomic mass is 10.1. The summed E-state index contributed by atoms with van der Waals surface area (Å²) in [6, 6.07) is 7.38. The van der Waals surface area contributed by atoms with Crippen molar-refractivity contribution in [2.75, 3.05) is 31.7 Å². The smallest absolute Gasteiger partial charge is 0.225 e. The lowest BCUT2D eigenvalue weighted by Crippen LogP contribution is -2.39. The number of carbonyl (C=O) groups excluding carboxylic acids is 2. The Morgan fingerprint density at radius 3 is 2.88 bits per heavy atom. The molecule has 2 heterocycles. The van der Waals surface area contributed by atoms with Gasteiger partial charge in [-0.15, -0.1) is 0 Å². The fraction of sp³-hybridized carbons (Fsp3) is 0.556. The average Bonchev–Trinajstić information content (AvgIpc) is 3.17. The number of benzene rings is 1. The van der Waals surface area contributed by atoms with Crippen molar-refractivity contribution in [3.05, 3.63) is 29.8 Å².